The molecule has 1 atom stereocenters. The monoisotopic (exact) mass is 318 g/mol. The van der Waals surface area contributed by atoms with Gasteiger partial charge in [0, 0.05) is 17.5 Å². The first-order valence-corrected chi connectivity index (χ1v) is 6.80. The van der Waals surface area contributed by atoms with Gasteiger partial charge in [-0.05, 0) is 38.0 Å². The summed E-state index contributed by atoms with van der Waals surface area (Å²) in [5, 5.41) is 14.7. The molecular formula is C13H16Cl2N2O3. The molecule has 1 rings (SSSR count). The van der Waals surface area contributed by atoms with Crippen molar-refractivity contribution in [3.8, 4) is 0 Å². The van der Waals surface area contributed by atoms with Crippen LogP contribution in [0, 0.1) is 6.92 Å². The van der Waals surface area contributed by atoms with Gasteiger partial charge in [0.2, 0.25) is 0 Å². The zero-order valence-electron chi connectivity index (χ0n) is 11.2. The second-order valence-electron chi connectivity index (χ2n) is 4.51. The molecule has 0 aliphatic rings. The van der Waals surface area contributed by atoms with E-state index in [-0.39, 0.29) is 12.5 Å². The van der Waals surface area contributed by atoms with Crippen molar-refractivity contribution in [3.05, 3.63) is 27.7 Å². The van der Waals surface area contributed by atoms with E-state index in [9.17, 15) is 9.59 Å². The number of rotatable bonds is 5. The van der Waals surface area contributed by atoms with E-state index < -0.39 is 12.0 Å². The van der Waals surface area contributed by atoms with Crippen LogP contribution >= 0.6 is 23.2 Å². The molecule has 3 N–H and O–H groups in total. The lowest BCUT2D eigenvalue weighted by Crippen LogP contribution is -2.36. The molecule has 20 heavy (non-hydrogen) atoms. The van der Waals surface area contributed by atoms with E-state index in [1.807, 2.05) is 6.92 Å². The Balaban J connectivity index is 2.58. The number of hydrogen-bond donors (Lipinski definition) is 3. The summed E-state index contributed by atoms with van der Waals surface area (Å²) in [5.74, 6) is -0.896. The largest absolute Gasteiger partial charge is 0.481 e. The Morgan fingerprint density at radius 1 is 1.30 bits per heavy atom. The Kier molecular flexibility index (Phi) is 6.10. The number of halogens is 2. The number of carbonyl (C=O) groups excluding carboxylic acids is 1. The molecule has 5 nitrogen and oxygen atoms in total. The van der Waals surface area contributed by atoms with Gasteiger partial charge in [0.25, 0.3) is 0 Å². The number of hydrogen-bond acceptors (Lipinski definition) is 2. The summed E-state index contributed by atoms with van der Waals surface area (Å²) < 4.78 is 0. The smallest absolute Gasteiger partial charge is 0.319 e. The van der Waals surface area contributed by atoms with Crippen LogP contribution in [0.25, 0.3) is 0 Å². The molecule has 2 amide bonds. The number of benzene rings is 1. The summed E-state index contributed by atoms with van der Waals surface area (Å²) in [6.45, 7) is 3.54. The van der Waals surface area contributed by atoms with Crippen LogP contribution in [-0.2, 0) is 4.79 Å². The van der Waals surface area contributed by atoms with Crippen molar-refractivity contribution in [2.75, 3.05) is 5.32 Å². The third kappa shape index (κ3) is 5.27. The Labute approximate surface area is 127 Å². The zero-order chi connectivity index (χ0) is 15.3. The van der Waals surface area contributed by atoms with Crippen molar-refractivity contribution in [2.24, 2.45) is 0 Å². The summed E-state index contributed by atoms with van der Waals surface area (Å²) in [7, 11) is 0. The summed E-state index contributed by atoms with van der Waals surface area (Å²) in [6, 6.07) is 2.52. The van der Waals surface area contributed by atoms with Crippen LogP contribution in [0.4, 0.5) is 10.5 Å². The van der Waals surface area contributed by atoms with Gasteiger partial charge in [-0.25, -0.2) is 4.79 Å². The molecule has 0 heterocycles. The molecule has 0 aromatic heterocycles. The number of anilines is 1. The highest BCUT2D eigenvalue weighted by molar-refractivity contribution is 6.36. The molecular weight excluding hydrogens is 303 g/mol. The highest BCUT2D eigenvalue weighted by atomic mass is 35.5. The van der Waals surface area contributed by atoms with Gasteiger partial charge in [-0.15, -0.1) is 0 Å². The van der Waals surface area contributed by atoms with Gasteiger partial charge in [0.1, 0.15) is 0 Å². The van der Waals surface area contributed by atoms with Gasteiger partial charge in [0.05, 0.1) is 10.7 Å². The highest BCUT2D eigenvalue weighted by Crippen LogP contribution is 2.28. The molecule has 0 aliphatic carbocycles. The summed E-state index contributed by atoms with van der Waals surface area (Å²) in [4.78, 5) is 22.2. The van der Waals surface area contributed by atoms with E-state index in [2.05, 4.69) is 10.6 Å². The van der Waals surface area contributed by atoms with Gasteiger partial charge < -0.3 is 15.7 Å². The molecule has 7 heteroatoms. The van der Waals surface area contributed by atoms with Crippen molar-refractivity contribution in [3.63, 3.8) is 0 Å². The van der Waals surface area contributed by atoms with Gasteiger partial charge in [-0.2, -0.15) is 0 Å². The van der Waals surface area contributed by atoms with Crippen LogP contribution in [0.2, 0.25) is 10.0 Å². The van der Waals surface area contributed by atoms with Crippen LogP contribution in [0.3, 0.4) is 0 Å². The van der Waals surface area contributed by atoms with Gasteiger partial charge >= 0.3 is 12.0 Å². The number of carbonyl (C=O) groups is 2. The molecule has 0 aliphatic heterocycles. The van der Waals surface area contributed by atoms with Gasteiger partial charge in [0.15, 0.2) is 0 Å². The van der Waals surface area contributed by atoms with E-state index >= 15 is 0 Å². The van der Waals surface area contributed by atoms with E-state index in [4.69, 9.17) is 28.3 Å². The maximum absolute atomic E-state index is 11.7. The van der Waals surface area contributed by atoms with Gasteiger partial charge in [-0.1, -0.05) is 23.2 Å². The van der Waals surface area contributed by atoms with Crippen molar-refractivity contribution < 1.29 is 14.7 Å². The second-order valence-corrected chi connectivity index (χ2v) is 5.33. The fourth-order valence-corrected chi connectivity index (χ4v) is 1.97. The van der Waals surface area contributed by atoms with E-state index in [1.165, 1.54) is 0 Å². The zero-order valence-corrected chi connectivity index (χ0v) is 12.7. The molecule has 0 radical (unpaired) electrons. The standard InChI is InChI=1S/C13H16Cl2N2O3/c1-7-5-10(15)11(6-9(7)14)17-13(20)16-8(2)3-4-12(18)19/h5-6,8H,3-4H2,1-2H3,(H,18,19)(H2,16,17,20). The molecule has 1 aromatic carbocycles. The maximum atomic E-state index is 11.7. The number of nitrogens with one attached hydrogen (secondary N) is 2. The quantitative estimate of drug-likeness (QED) is 0.775. The predicted octanol–water partition coefficient (Wildman–Crippen LogP) is 3.68. The highest BCUT2D eigenvalue weighted by Gasteiger charge is 2.11. The summed E-state index contributed by atoms with van der Waals surface area (Å²) in [6.07, 6.45) is 0.351. The second kappa shape index (κ2) is 7.36. The Hall–Kier alpha value is -1.46. The molecule has 0 saturated carbocycles. The minimum Gasteiger partial charge on any atom is -0.481 e. The van der Waals surface area contributed by atoms with Crippen LogP contribution < -0.4 is 10.6 Å². The lowest BCUT2D eigenvalue weighted by Gasteiger charge is -2.15. The third-order valence-electron chi connectivity index (χ3n) is 2.67. The SMILES string of the molecule is Cc1cc(Cl)c(NC(=O)NC(C)CCC(=O)O)cc1Cl. The average Bonchev–Trinajstić information content (AvgIpc) is 2.33. The van der Waals surface area contributed by atoms with Crippen LogP contribution in [0.1, 0.15) is 25.3 Å². The Bertz CT molecular complexity index is 521. The van der Waals surface area contributed by atoms with Crippen LogP contribution in [0.15, 0.2) is 12.1 Å². The van der Waals surface area contributed by atoms with Crippen LogP contribution in [0.5, 0.6) is 0 Å². The molecule has 0 spiro atoms. The Morgan fingerprint density at radius 3 is 2.55 bits per heavy atom. The predicted molar refractivity (Wildman–Crippen MR) is 79.7 cm³/mol. The molecule has 1 unspecified atom stereocenters. The number of amides is 2. The molecule has 0 saturated heterocycles. The first-order chi connectivity index (χ1) is 9.29. The molecule has 0 bridgehead atoms. The fraction of sp³-hybridized carbons (Fsp3) is 0.385. The van der Waals surface area contributed by atoms with Crippen molar-refractivity contribution in [1.29, 1.82) is 0 Å². The van der Waals surface area contributed by atoms with Gasteiger partial charge in [-0.3, -0.25) is 4.79 Å². The minimum atomic E-state index is -0.896. The third-order valence-corrected chi connectivity index (χ3v) is 3.39. The first kappa shape index (κ1) is 16.6. The van der Waals surface area contributed by atoms with E-state index in [0.717, 1.165) is 5.56 Å². The number of aryl methyl sites for hydroxylation is 1. The normalized spacial score (nSPS) is 11.8. The molecule has 0 fully saturated rings. The number of carboxylic acids is 1. The average molecular weight is 319 g/mol. The van der Waals surface area contributed by atoms with E-state index in [1.54, 1.807) is 19.1 Å². The lowest BCUT2D eigenvalue weighted by atomic mass is 10.2. The minimum absolute atomic E-state index is 0.00143. The van der Waals surface area contributed by atoms with Crippen LogP contribution in [-0.4, -0.2) is 23.1 Å². The van der Waals surface area contributed by atoms with E-state index in [0.29, 0.717) is 22.2 Å². The summed E-state index contributed by atoms with van der Waals surface area (Å²) in [5.41, 5.74) is 1.22. The summed E-state index contributed by atoms with van der Waals surface area (Å²) >= 11 is 12.0. The van der Waals surface area contributed by atoms with Crippen molar-refractivity contribution in [2.45, 2.75) is 32.7 Å². The number of urea groups is 1. The fourth-order valence-electron chi connectivity index (χ4n) is 1.54. The lowest BCUT2D eigenvalue weighted by molar-refractivity contribution is -0.137. The van der Waals surface area contributed by atoms with Crippen molar-refractivity contribution >= 4 is 40.9 Å². The Morgan fingerprint density at radius 2 is 1.95 bits per heavy atom. The molecule has 1 aromatic rings. The van der Waals surface area contributed by atoms with Crippen molar-refractivity contribution in [1.82, 2.24) is 5.32 Å². The first-order valence-electron chi connectivity index (χ1n) is 6.04. The molecule has 110 valence electrons. The number of carboxylic acid groups (broad SMARTS) is 1. The maximum Gasteiger partial charge on any atom is 0.319 e. The number of aliphatic carboxylic acids is 1. The topological polar surface area (TPSA) is 78.4 Å².